The summed E-state index contributed by atoms with van der Waals surface area (Å²) in [5, 5.41) is 0. The number of carbonyl (C=O) groups is 1. The third-order valence-corrected chi connectivity index (χ3v) is 6.62. The van der Waals surface area contributed by atoms with Crippen LogP contribution in [0.1, 0.15) is 53.2 Å². The maximum Gasteiger partial charge on any atom is 0.373 e. The van der Waals surface area contributed by atoms with E-state index < -0.39 is 0 Å². The summed E-state index contributed by atoms with van der Waals surface area (Å²) in [5.74, 6) is 0.560. The van der Waals surface area contributed by atoms with Crippen LogP contribution in [-0.4, -0.2) is 39.9 Å². The molecule has 0 saturated carbocycles. The number of aryl methyl sites for hydroxylation is 2. The summed E-state index contributed by atoms with van der Waals surface area (Å²) >= 11 is 0. The molecular formula is C31H31N3O4. The van der Waals surface area contributed by atoms with Gasteiger partial charge in [-0.1, -0.05) is 61.0 Å². The van der Waals surface area contributed by atoms with Crippen molar-refractivity contribution in [2.24, 2.45) is 0 Å². The standard InChI is InChI=1S/C30H31N3O2.CO2/c1-22-6-5-7-27(32-22)29-20-31-30(35-29)28(34)17-12-23-8-13-25(14-9-23)26-15-10-24(11-16-26)21-33-18-3-2-4-19-33;2-1-3/h5-11,13-16,20H,2-4,12,17-19,21H2,1H3;. The molecule has 2 aromatic heterocycles. The number of carbonyl (C=O) groups excluding carboxylic acids is 3. The fourth-order valence-electron chi connectivity index (χ4n) is 4.61. The van der Waals surface area contributed by atoms with E-state index in [-0.39, 0.29) is 17.8 Å². The van der Waals surface area contributed by atoms with Crippen LogP contribution in [-0.2, 0) is 22.6 Å². The van der Waals surface area contributed by atoms with E-state index in [0.29, 0.717) is 24.3 Å². The van der Waals surface area contributed by atoms with Crippen molar-refractivity contribution in [2.45, 2.75) is 45.6 Å². The van der Waals surface area contributed by atoms with E-state index in [1.807, 2.05) is 25.1 Å². The minimum atomic E-state index is -0.0997. The second-order valence-electron chi connectivity index (χ2n) is 9.43. The summed E-state index contributed by atoms with van der Waals surface area (Å²) in [6.07, 6.45) is 6.83. The molecule has 7 heteroatoms. The number of aromatic nitrogens is 2. The lowest BCUT2D eigenvalue weighted by atomic mass is 10.00. The van der Waals surface area contributed by atoms with Crippen molar-refractivity contribution in [3.63, 3.8) is 0 Å². The van der Waals surface area contributed by atoms with Gasteiger partial charge in [-0.25, -0.2) is 9.97 Å². The first kappa shape index (κ1) is 26.9. The molecule has 0 spiro atoms. The van der Waals surface area contributed by atoms with Crippen LogP contribution in [0.4, 0.5) is 0 Å². The van der Waals surface area contributed by atoms with Crippen LogP contribution >= 0.6 is 0 Å². The van der Waals surface area contributed by atoms with Gasteiger partial charge in [-0.3, -0.25) is 9.69 Å². The number of hydrogen-bond acceptors (Lipinski definition) is 7. The Balaban J connectivity index is 0.00000107. The molecule has 0 radical (unpaired) electrons. The molecule has 0 atom stereocenters. The molecule has 0 unspecified atom stereocenters. The summed E-state index contributed by atoms with van der Waals surface area (Å²) in [7, 11) is 0. The number of pyridine rings is 1. The zero-order valence-corrected chi connectivity index (χ0v) is 21.6. The Kier molecular flexibility index (Phi) is 9.46. The van der Waals surface area contributed by atoms with Gasteiger partial charge in [-0.15, -0.1) is 0 Å². The van der Waals surface area contributed by atoms with Crippen molar-refractivity contribution in [1.82, 2.24) is 14.9 Å². The molecule has 1 aliphatic heterocycles. The average molecular weight is 510 g/mol. The predicted molar refractivity (Wildman–Crippen MR) is 143 cm³/mol. The first-order chi connectivity index (χ1) is 18.6. The number of Topliss-reactive ketones (excluding diaryl/α,β-unsaturated/α-hetero) is 1. The van der Waals surface area contributed by atoms with Gasteiger partial charge in [0.2, 0.25) is 5.78 Å². The molecule has 0 aliphatic carbocycles. The van der Waals surface area contributed by atoms with Crippen LogP contribution in [0.5, 0.6) is 0 Å². The minimum absolute atomic E-state index is 0.0997. The highest BCUT2D eigenvalue weighted by molar-refractivity contribution is 5.92. The van der Waals surface area contributed by atoms with Gasteiger partial charge in [0.15, 0.2) is 5.76 Å². The topological polar surface area (TPSA) is 93.4 Å². The van der Waals surface area contributed by atoms with Crippen LogP contribution in [0.2, 0.25) is 0 Å². The summed E-state index contributed by atoms with van der Waals surface area (Å²) < 4.78 is 5.68. The molecular weight excluding hydrogens is 478 g/mol. The summed E-state index contributed by atoms with van der Waals surface area (Å²) in [6, 6.07) is 23.1. The lowest BCUT2D eigenvalue weighted by Crippen LogP contribution is -2.28. The number of piperidine rings is 1. The highest BCUT2D eigenvalue weighted by Crippen LogP contribution is 2.23. The summed E-state index contributed by atoms with van der Waals surface area (Å²) in [4.78, 5) is 40.0. The highest BCUT2D eigenvalue weighted by atomic mass is 16.4. The SMILES string of the molecule is Cc1cccc(-c2cnc(C(=O)CCc3ccc(-c4ccc(CN5CCCCC5)cc4)cc3)o2)n1.O=C=O. The number of rotatable bonds is 8. The van der Waals surface area contributed by atoms with Gasteiger partial charge in [0.05, 0.1) is 6.20 Å². The fraction of sp³-hybridized carbons (Fsp3) is 0.290. The van der Waals surface area contributed by atoms with E-state index in [9.17, 15) is 4.79 Å². The normalized spacial score (nSPS) is 13.3. The highest BCUT2D eigenvalue weighted by Gasteiger charge is 2.15. The molecule has 4 aromatic rings. The molecule has 1 aliphatic rings. The van der Waals surface area contributed by atoms with Crippen LogP contribution in [0.25, 0.3) is 22.6 Å². The summed E-state index contributed by atoms with van der Waals surface area (Å²) in [5.41, 5.74) is 6.48. The van der Waals surface area contributed by atoms with E-state index in [4.69, 9.17) is 14.0 Å². The molecule has 0 bridgehead atoms. The molecule has 5 rings (SSSR count). The Morgan fingerprint density at radius 2 is 1.53 bits per heavy atom. The van der Waals surface area contributed by atoms with E-state index >= 15 is 0 Å². The smallest absolute Gasteiger partial charge is 0.373 e. The van der Waals surface area contributed by atoms with Crippen molar-refractivity contribution >= 4 is 11.9 Å². The maximum atomic E-state index is 12.6. The second-order valence-corrected chi connectivity index (χ2v) is 9.43. The third kappa shape index (κ3) is 7.42. The maximum absolute atomic E-state index is 12.6. The van der Waals surface area contributed by atoms with Crippen LogP contribution in [0.15, 0.2) is 77.3 Å². The second kappa shape index (κ2) is 13.4. The van der Waals surface area contributed by atoms with Gasteiger partial charge in [-0.05, 0) is 73.7 Å². The Bertz CT molecular complexity index is 1370. The van der Waals surface area contributed by atoms with Gasteiger partial charge in [0, 0.05) is 18.7 Å². The number of ketones is 1. The molecule has 1 fully saturated rings. The van der Waals surface area contributed by atoms with E-state index in [1.54, 1.807) is 6.20 Å². The summed E-state index contributed by atoms with van der Waals surface area (Å²) in [6.45, 7) is 5.39. The molecule has 38 heavy (non-hydrogen) atoms. The van der Waals surface area contributed by atoms with Crippen LogP contribution < -0.4 is 0 Å². The molecule has 0 N–H and O–H groups in total. The molecule has 0 amide bonds. The molecule has 3 heterocycles. The zero-order chi connectivity index (χ0) is 26.7. The quantitative estimate of drug-likeness (QED) is 0.272. The minimum Gasteiger partial charge on any atom is -0.432 e. The van der Waals surface area contributed by atoms with Crippen molar-refractivity contribution < 1.29 is 18.8 Å². The van der Waals surface area contributed by atoms with Gasteiger partial charge >= 0.3 is 6.15 Å². The number of nitrogens with zero attached hydrogens (tertiary/aromatic N) is 3. The Morgan fingerprint density at radius 3 is 2.16 bits per heavy atom. The molecule has 1 saturated heterocycles. The average Bonchev–Trinajstić information content (AvgIpc) is 3.44. The van der Waals surface area contributed by atoms with Gasteiger partial charge in [-0.2, -0.15) is 9.59 Å². The van der Waals surface area contributed by atoms with E-state index in [1.165, 1.54) is 49.0 Å². The number of benzene rings is 2. The monoisotopic (exact) mass is 509 g/mol. The largest absolute Gasteiger partial charge is 0.432 e. The molecule has 7 nitrogen and oxygen atoms in total. The Labute approximate surface area is 222 Å². The molecule has 194 valence electrons. The Hall–Kier alpha value is -4.19. The first-order valence-corrected chi connectivity index (χ1v) is 12.9. The van der Waals surface area contributed by atoms with Gasteiger partial charge in [0.25, 0.3) is 5.89 Å². The van der Waals surface area contributed by atoms with Gasteiger partial charge < -0.3 is 4.42 Å². The van der Waals surface area contributed by atoms with E-state index in [0.717, 1.165) is 17.8 Å². The Morgan fingerprint density at radius 1 is 0.895 bits per heavy atom. The number of likely N-dealkylation sites (tertiary alicyclic amines) is 1. The lowest BCUT2D eigenvalue weighted by molar-refractivity contribution is -0.191. The fourth-order valence-corrected chi connectivity index (χ4v) is 4.61. The van der Waals surface area contributed by atoms with Crippen molar-refractivity contribution in [3.05, 3.63) is 95.6 Å². The van der Waals surface area contributed by atoms with Gasteiger partial charge in [0.1, 0.15) is 5.69 Å². The molecule has 2 aromatic carbocycles. The van der Waals surface area contributed by atoms with Crippen molar-refractivity contribution in [3.8, 4) is 22.6 Å². The van der Waals surface area contributed by atoms with Crippen molar-refractivity contribution in [1.29, 1.82) is 0 Å². The number of oxazole rings is 1. The first-order valence-electron chi connectivity index (χ1n) is 12.9. The number of hydrogen-bond donors (Lipinski definition) is 0. The van der Waals surface area contributed by atoms with Crippen LogP contribution in [0, 0.1) is 6.92 Å². The van der Waals surface area contributed by atoms with Crippen molar-refractivity contribution in [2.75, 3.05) is 13.1 Å². The lowest BCUT2D eigenvalue weighted by Gasteiger charge is -2.26. The predicted octanol–water partition coefficient (Wildman–Crippen LogP) is 5.93. The third-order valence-electron chi connectivity index (χ3n) is 6.62. The van der Waals surface area contributed by atoms with Crippen LogP contribution in [0.3, 0.4) is 0 Å². The zero-order valence-electron chi connectivity index (χ0n) is 21.6. The van der Waals surface area contributed by atoms with E-state index in [2.05, 4.69) is 63.4 Å².